The van der Waals surface area contributed by atoms with Gasteiger partial charge in [-0.3, -0.25) is 4.79 Å². The zero-order valence-electron chi connectivity index (χ0n) is 13.1. The standard InChI is InChI=1S/C16H20N6O/c1-12-18-19-20-22(12)15(11-13-5-3-2-4-6-13)16(23)21-9-7-14(17)8-10-21/h2-6,11,14H,7-10,17H2,1H3. The number of likely N-dealkylation sites (tertiary alicyclic amines) is 1. The van der Waals surface area contributed by atoms with Gasteiger partial charge in [-0.1, -0.05) is 30.3 Å². The lowest BCUT2D eigenvalue weighted by Crippen LogP contribution is -2.43. The molecule has 1 aromatic carbocycles. The minimum Gasteiger partial charge on any atom is -0.337 e. The first kappa shape index (κ1) is 15.4. The Labute approximate surface area is 134 Å². The number of amides is 1. The first-order chi connectivity index (χ1) is 11.1. The smallest absolute Gasteiger partial charge is 0.272 e. The van der Waals surface area contributed by atoms with Crippen LogP contribution in [0.4, 0.5) is 0 Å². The molecule has 1 aliphatic rings. The summed E-state index contributed by atoms with van der Waals surface area (Å²) in [6.07, 6.45) is 3.46. The van der Waals surface area contributed by atoms with E-state index < -0.39 is 0 Å². The maximum absolute atomic E-state index is 13.0. The van der Waals surface area contributed by atoms with Crippen molar-refractivity contribution in [1.29, 1.82) is 0 Å². The highest BCUT2D eigenvalue weighted by Crippen LogP contribution is 2.18. The fraction of sp³-hybridized carbons (Fsp3) is 0.375. The number of nitrogens with two attached hydrogens (primary N) is 1. The van der Waals surface area contributed by atoms with Gasteiger partial charge in [0.05, 0.1) is 0 Å². The van der Waals surface area contributed by atoms with Crippen LogP contribution >= 0.6 is 0 Å². The molecule has 1 aromatic heterocycles. The summed E-state index contributed by atoms with van der Waals surface area (Å²) in [5.74, 6) is 0.505. The summed E-state index contributed by atoms with van der Waals surface area (Å²) in [7, 11) is 0. The van der Waals surface area contributed by atoms with Gasteiger partial charge in [0, 0.05) is 19.1 Å². The highest BCUT2D eigenvalue weighted by atomic mass is 16.2. The Balaban J connectivity index is 1.94. The Morgan fingerprint density at radius 1 is 1.26 bits per heavy atom. The van der Waals surface area contributed by atoms with Crippen molar-refractivity contribution < 1.29 is 4.79 Å². The monoisotopic (exact) mass is 312 g/mol. The van der Waals surface area contributed by atoms with Crippen molar-refractivity contribution in [3.63, 3.8) is 0 Å². The highest BCUT2D eigenvalue weighted by molar-refractivity contribution is 6.18. The predicted molar refractivity (Wildman–Crippen MR) is 87.0 cm³/mol. The van der Waals surface area contributed by atoms with E-state index in [0.29, 0.717) is 24.6 Å². The van der Waals surface area contributed by atoms with Gasteiger partial charge >= 0.3 is 0 Å². The third kappa shape index (κ3) is 3.45. The molecule has 1 saturated heterocycles. The Hall–Kier alpha value is -2.54. The zero-order valence-corrected chi connectivity index (χ0v) is 13.1. The molecule has 7 heteroatoms. The molecule has 7 nitrogen and oxygen atoms in total. The summed E-state index contributed by atoms with van der Waals surface area (Å²) in [6.45, 7) is 3.10. The summed E-state index contributed by atoms with van der Waals surface area (Å²) < 4.78 is 1.49. The number of tetrazole rings is 1. The molecule has 23 heavy (non-hydrogen) atoms. The van der Waals surface area contributed by atoms with Crippen LogP contribution in [0.2, 0.25) is 0 Å². The first-order valence-electron chi connectivity index (χ1n) is 7.72. The number of benzene rings is 1. The number of carbonyl (C=O) groups is 1. The van der Waals surface area contributed by atoms with E-state index in [2.05, 4.69) is 15.5 Å². The van der Waals surface area contributed by atoms with Gasteiger partial charge < -0.3 is 10.6 Å². The topological polar surface area (TPSA) is 89.9 Å². The minimum absolute atomic E-state index is 0.0730. The van der Waals surface area contributed by atoms with Crippen molar-refractivity contribution >= 4 is 17.7 Å². The third-order valence-electron chi connectivity index (χ3n) is 4.00. The molecule has 2 N–H and O–H groups in total. The van der Waals surface area contributed by atoms with Gasteiger partial charge in [-0.2, -0.15) is 4.68 Å². The molecule has 0 saturated carbocycles. The molecule has 1 amide bonds. The predicted octanol–water partition coefficient (Wildman–Crippen LogP) is 0.929. The van der Waals surface area contributed by atoms with E-state index >= 15 is 0 Å². The van der Waals surface area contributed by atoms with Crippen LogP contribution in [0.3, 0.4) is 0 Å². The molecule has 3 rings (SSSR count). The van der Waals surface area contributed by atoms with E-state index in [-0.39, 0.29) is 11.9 Å². The molecule has 0 bridgehead atoms. The second kappa shape index (κ2) is 6.70. The number of carbonyl (C=O) groups excluding carboxylic acids is 1. The van der Waals surface area contributed by atoms with Crippen LogP contribution in [-0.2, 0) is 4.79 Å². The van der Waals surface area contributed by atoms with Crippen LogP contribution < -0.4 is 5.73 Å². The van der Waals surface area contributed by atoms with Gasteiger partial charge in [0.1, 0.15) is 5.70 Å². The van der Waals surface area contributed by atoms with Crippen LogP contribution in [0.1, 0.15) is 24.2 Å². The average molecular weight is 312 g/mol. The van der Waals surface area contributed by atoms with Crippen LogP contribution in [0, 0.1) is 6.92 Å². The van der Waals surface area contributed by atoms with Gasteiger partial charge in [0.25, 0.3) is 5.91 Å². The van der Waals surface area contributed by atoms with E-state index in [4.69, 9.17) is 5.73 Å². The zero-order chi connectivity index (χ0) is 16.2. The molecule has 1 fully saturated rings. The van der Waals surface area contributed by atoms with Crippen LogP contribution in [0.25, 0.3) is 11.8 Å². The second-order valence-electron chi connectivity index (χ2n) is 5.71. The lowest BCUT2D eigenvalue weighted by atomic mass is 10.1. The lowest BCUT2D eigenvalue weighted by Gasteiger charge is -2.30. The fourth-order valence-corrected chi connectivity index (χ4v) is 2.64. The van der Waals surface area contributed by atoms with Gasteiger partial charge in [-0.15, -0.1) is 5.10 Å². The molecule has 1 aliphatic heterocycles. The maximum atomic E-state index is 13.0. The maximum Gasteiger partial charge on any atom is 0.272 e. The molecule has 0 unspecified atom stereocenters. The highest BCUT2D eigenvalue weighted by Gasteiger charge is 2.25. The number of hydrogen-bond donors (Lipinski definition) is 1. The Morgan fingerprint density at radius 2 is 1.96 bits per heavy atom. The van der Waals surface area contributed by atoms with Crippen molar-refractivity contribution in [3.05, 3.63) is 41.7 Å². The summed E-state index contributed by atoms with van der Waals surface area (Å²) in [5, 5.41) is 11.5. The van der Waals surface area contributed by atoms with Gasteiger partial charge in [0.2, 0.25) is 0 Å². The van der Waals surface area contributed by atoms with Gasteiger partial charge in [0.15, 0.2) is 5.82 Å². The lowest BCUT2D eigenvalue weighted by molar-refractivity contribution is -0.126. The Bertz CT molecular complexity index is 700. The van der Waals surface area contributed by atoms with Crippen molar-refractivity contribution in [2.24, 2.45) is 5.73 Å². The third-order valence-corrected chi connectivity index (χ3v) is 4.00. The summed E-state index contributed by atoms with van der Waals surface area (Å²) in [6, 6.07) is 9.86. The van der Waals surface area contributed by atoms with Crippen molar-refractivity contribution in [3.8, 4) is 0 Å². The normalized spacial score (nSPS) is 16.6. The first-order valence-corrected chi connectivity index (χ1v) is 7.72. The van der Waals surface area contributed by atoms with Gasteiger partial charge in [-0.25, -0.2) is 0 Å². The van der Waals surface area contributed by atoms with Crippen molar-refractivity contribution in [2.75, 3.05) is 13.1 Å². The van der Waals surface area contributed by atoms with E-state index in [0.717, 1.165) is 18.4 Å². The minimum atomic E-state index is -0.0730. The molecule has 120 valence electrons. The van der Waals surface area contributed by atoms with E-state index in [9.17, 15) is 4.79 Å². The molecule has 0 spiro atoms. The van der Waals surface area contributed by atoms with Crippen LogP contribution in [0.15, 0.2) is 30.3 Å². The number of hydrogen-bond acceptors (Lipinski definition) is 5. The summed E-state index contributed by atoms with van der Waals surface area (Å²) in [4.78, 5) is 14.8. The molecule has 0 atom stereocenters. The van der Waals surface area contributed by atoms with Crippen LogP contribution in [0.5, 0.6) is 0 Å². The molecule has 0 radical (unpaired) electrons. The number of rotatable bonds is 3. The number of piperidine rings is 1. The average Bonchev–Trinajstić information content (AvgIpc) is 2.99. The Kier molecular flexibility index (Phi) is 4.47. The number of aryl methyl sites for hydroxylation is 1. The molecule has 2 heterocycles. The summed E-state index contributed by atoms with van der Waals surface area (Å²) in [5.41, 5.74) is 7.31. The number of nitrogens with zero attached hydrogens (tertiary/aromatic N) is 5. The molecule has 2 aromatic rings. The largest absolute Gasteiger partial charge is 0.337 e. The summed E-state index contributed by atoms with van der Waals surface area (Å²) >= 11 is 0. The molecule has 0 aliphatic carbocycles. The van der Waals surface area contributed by atoms with Crippen molar-refractivity contribution in [1.82, 2.24) is 25.1 Å². The van der Waals surface area contributed by atoms with Gasteiger partial charge in [-0.05, 0) is 41.8 Å². The SMILES string of the molecule is Cc1nnnn1C(=Cc1ccccc1)C(=O)N1CCC(N)CC1. The molecular formula is C16H20N6O. The number of aromatic nitrogens is 4. The van der Waals surface area contributed by atoms with E-state index in [1.54, 1.807) is 6.92 Å². The second-order valence-corrected chi connectivity index (χ2v) is 5.71. The Morgan fingerprint density at radius 3 is 2.57 bits per heavy atom. The molecular weight excluding hydrogens is 292 g/mol. The van der Waals surface area contributed by atoms with E-state index in [1.807, 2.05) is 41.3 Å². The quantitative estimate of drug-likeness (QED) is 0.852. The van der Waals surface area contributed by atoms with Crippen molar-refractivity contribution in [2.45, 2.75) is 25.8 Å². The fourth-order valence-electron chi connectivity index (χ4n) is 2.64. The van der Waals surface area contributed by atoms with Crippen LogP contribution in [-0.4, -0.2) is 50.1 Å². The van der Waals surface area contributed by atoms with E-state index in [1.165, 1.54) is 4.68 Å².